The maximum Gasteiger partial charge on any atom is 0.164 e. The summed E-state index contributed by atoms with van der Waals surface area (Å²) < 4.78 is 4.62. The molecule has 4 heterocycles. The zero-order valence-corrected chi connectivity index (χ0v) is 45.9. The van der Waals surface area contributed by atoms with E-state index in [0.29, 0.717) is 57.2 Å². The zero-order chi connectivity index (χ0) is 53.4. The number of aryl methyl sites for hydroxylation is 4. The van der Waals surface area contributed by atoms with Crippen LogP contribution >= 0.6 is 0 Å². The number of nitriles is 2. The minimum Gasteiger partial charge on any atom is -0.309 e. The predicted octanol–water partition coefficient (Wildman–Crippen LogP) is 15.4. The molecular formula is C64H66N10. The standard InChI is InChI=1S/2C32H33N5/c1-19-34-20(2)36-30(35-19)25-14-11-24(15-21(25)18-33)37-28-16-22(31(3,4)5)9-12-26(28)27-13-10-23(17-29(27)37)32(6,7)8;1-19-34-20(2)36-30(35-19)27-17-24(12-9-21(27)18-33)37-28-15-22(31(3,4)5)10-13-25(28)26-14-11-23(16-29(26)37)32(6,7)8/h2*9-17H,1-8H3. The molecule has 6 aromatic carbocycles. The fourth-order valence-corrected chi connectivity index (χ4v) is 9.84. The third-order valence-electron chi connectivity index (χ3n) is 14.0. The van der Waals surface area contributed by atoms with E-state index < -0.39 is 0 Å². The molecule has 0 N–H and O–H groups in total. The summed E-state index contributed by atoms with van der Waals surface area (Å²) in [5.74, 6) is 3.61. The molecule has 0 atom stereocenters. The molecular weight excluding hydrogens is 909 g/mol. The van der Waals surface area contributed by atoms with Gasteiger partial charge in [-0.15, -0.1) is 0 Å². The van der Waals surface area contributed by atoms with Crippen LogP contribution in [0.1, 0.15) is 140 Å². The summed E-state index contributed by atoms with van der Waals surface area (Å²) in [4.78, 5) is 26.8. The Morgan fingerprint density at radius 2 is 0.649 bits per heavy atom. The van der Waals surface area contributed by atoms with Crippen molar-refractivity contribution in [1.82, 2.24) is 39.0 Å². The molecule has 10 heteroatoms. The monoisotopic (exact) mass is 975 g/mol. The van der Waals surface area contributed by atoms with Crippen molar-refractivity contribution in [3.63, 3.8) is 0 Å². The first kappa shape index (κ1) is 50.8. The van der Waals surface area contributed by atoms with Crippen molar-refractivity contribution in [3.8, 4) is 46.3 Å². The summed E-state index contributed by atoms with van der Waals surface area (Å²) in [7, 11) is 0. The smallest absolute Gasteiger partial charge is 0.164 e. The van der Waals surface area contributed by atoms with Gasteiger partial charge < -0.3 is 9.13 Å². The first-order valence-corrected chi connectivity index (χ1v) is 25.4. The van der Waals surface area contributed by atoms with Gasteiger partial charge in [0.1, 0.15) is 23.3 Å². The average Bonchev–Trinajstić information content (AvgIpc) is 3.83. The highest BCUT2D eigenvalue weighted by atomic mass is 15.0. The van der Waals surface area contributed by atoms with E-state index in [2.05, 4.69) is 213 Å². The second-order valence-electron chi connectivity index (χ2n) is 23.8. The number of fused-ring (bicyclic) bond motifs is 6. The largest absolute Gasteiger partial charge is 0.309 e. The van der Waals surface area contributed by atoms with E-state index in [1.165, 1.54) is 43.8 Å². The van der Waals surface area contributed by atoms with E-state index >= 15 is 0 Å². The van der Waals surface area contributed by atoms with Crippen LogP contribution < -0.4 is 0 Å². The van der Waals surface area contributed by atoms with Gasteiger partial charge in [0.25, 0.3) is 0 Å². The van der Waals surface area contributed by atoms with Gasteiger partial charge >= 0.3 is 0 Å². The summed E-state index contributed by atoms with van der Waals surface area (Å²) in [5.41, 5.74) is 14.1. The van der Waals surface area contributed by atoms with Crippen molar-refractivity contribution in [2.75, 3.05) is 0 Å². The Labute approximate surface area is 435 Å². The van der Waals surface area contributed by atoms with Crippen LogP contribution in [0, 0.1) is 50.4 Å². The van der Waals surface area contributed by atoms with E-state index in [4.69, 9.17) is 0 Å². The van der Waals surface area contributed by atoms with Crippen molar-refractivity contribution >= 4 is 43.6 Å². The molecule has 0 unspecified atom stereocenters. The first-order chi connectivity index (χ1) is 34.7. The number of hydrogen-bond donors (Lipinski definition) is 0. The van der Waals surface area contributed by atoms with Crippen LogP contribution in [-0.2, 0) is 21.7 Å². The molecule has 74 heavy (non-hydrogen) atoms. The van der Waals surface area contributed by atoms with Crippen LogP contribution in [-0.4, -0.2) is 39.0 Å². The van der Waals surface area contributed by atoms with Crippen molar-refractivity contribution in [3.05, 3.63) is 166 Å². The second kappa shape index (κ2) is 18.4. The van der Waals surface area contributed by atoms with Crippen LogP contribution in [0.5, 0.6) is 0 Å². The summed E-state index contributed by atoms with van der Waals surface area (Å²) in [5, 5.41) is 24.9. The Morgan fingerprint density at radius 1 is 0.338 bits per heavy atom. The summed E-state index contributed by atoms with van der Waals surface area (Å²) in [6.07, 6.45) is 0. The van der Waals surface area contributed by atoms with Crippen LogP contribution in [0.15, 0.2) is 109 Å². The average molecular weight is 975 g/mol. The van der Waals surface area contributed by atoms with Crippen LogP contribution in [0.2, 0.25) is 0 Å². The van der Waals surface area contributed by atoms with E-state index in [9.17, 15) is 10.5 Å². The molecule has 10 nitrogen and oxygen atoms in total. The van der Waals surface area contributed by atoms with E-state index in [0.717, 1.165) is 33.4 Å². The molecule has 0 bridgehead atoms. The molecule has 0 saturated heterocycles. The number of nitrogens with zero attached hydrogens (tertiary/aromatic N) is 10. The number of aromatic nitrogens is 8. The lowest BCUT2D eigenvalue weighted by atomic mass is 9.86. The first-order valence-electron chi connectivity index (χ1n) is 25.4. The van der Waals surface area contributed by atoms with Gasteiger partial charge in [-0.3, -0.25) is 0 Å². The van der Waals surface area contributed by atoms with Crippen LogP contribution in [0.4, 0.5) is 0 Å². The van der Waals surface area contributed by atoms with Gasteiger partial charge in [0, 0.05) is 44.0 Å². The molecule has 372 valence electrons. The zero-order valence-electron chi connectivity index (χ0n) is 45.9. The number of benzene rings is 6. The van der Waals surface area contributed by atoms with Gasteiger partial charge in [0.15, 0.2) is 11.6 Å². The fraction of sp³-hybridized carbons (Fsp3) is 0.312. The van der Waals surface area contributed by atoms with Crippen molar-refractivity contribution in [2.24, 2.45) is 0 Å². The molecule has 10 aromatic rings. The van der Waals surface area contributed by atoms with E-state index in [1.807, 2.05) is 58.0 Å². The lowest BCUT2D eigenvalue weighted by Gasteiger charge is -2.20. The summed E-state index contributed by atoms with van der Waals surface area (Å²) >= 11 is 0. The summed E-state index contributed by atoms with van der Waals surface area (Å²) in [6, 6.07) is 43.8. The molecule has 4 aromatic heterocycles. The molecule has 10 rings (SSSR count). The maximum atomic E-state index is 10.1. The topological polar surface area (TPSA) is 135 Å². The molecule has 0 fully saturated rings. The molecule has 0 aliphatic heterocycles. The van der Waals surface area contributed by atoms with Crippen LogP contribution in [0.25, 0.3) is 77.8 Å². The van der Waals surface area contributed by atoms with Crippen molar-refractivity contribution in [1.29, 1.82) is 10.5 Å². The SMILES string of the molecule is Cc1nc(C)nc(-c2cc(-n3c4cc(C(C)(C)C)ccc4c4ccc(C(C)(C)C)cc43)ccc2C#N)n1.Cc1nc(C)nc(-c2ccc(-n3c4cc(C(C)(C)C)ccc4c4ccc(C(C)(C)C)cc43)cc2C#N)n1. The van der Waals surface area contributed by atoms with Gasteiger partial charge in [-0.25, -0.2) is 29.9 Å². The lowest BCUT2D eigenvalue weighted by Crippen LogP contribution is -2.11. The lowest BCUT2D eigenvalue weighted by molar-refractivity contribution is 0.590. The molecule has 0 radical (unpaired) electrons. The minimum atomic E-state index is 0.0157. The molecule has 0 spiro atoms. The highest BCUT2D eigenvalue weighted by Crippen LogP contribution is 2.40. The Balaban J connectivity index is 0.000000182. The van der Waals surface area contributed by atoms with Crippen molar-refractivity contribution in [2.45, 2.75) is 132 Å². The van der Waals surface area contributed by atoms with Gasteiger partial charge in [0.2, 0.25) is 0 Å². The van der Waals surface area contributed by atoms with Gasteiger partial charge in [-0.1, -0.05) is 132 Å². The molecule has 0 saturated carbocycles. The van der Waals surface area contributed by atoms with E-state index in [-0.39, 0.29) is 21.7 Å². The fourth-order valence-electron chi connectivity index (χ4n) is 9.84. The Hall–Kier alpha value is -8.08. The van der Waals surface area contributed by atoms with Gasteiger partial charge in [-0.05, 0) is 132 Å². The Bertz CT molecular complexity index is 3770. The molecule has 0 aliphatic carbocycles. The molecule has 0 aliphatic rings. The van der Waals surface area contributed by atoms with Gasteiger partial charge in [0.05, 0.1) is 45.3 Å². The number of hydrogen-bond acceptors (Lipinski definition) is 8. The van der Waals surface area contributed by atoms with Crippen molar-refractivity contribution < 1.29 is 0 Å². The Morgan fingerprint density at radius 3 is 0.973 bits per heavy atom. The third-order valence-corrected chi connectivity index (χ3v) is 14.0. The highest BCUT2D eigenvalue weighted by Gasteiger charge is 2.24. The molecule has 0 amide bonds. The predicted molar refractivity (Wildman–Crippen MR) is 302 cm³/mol. The highest BCUT2D eigenvalue weighted by molar-refractivity contribution is 6.11. The second-order valence-corrected chi connectivity index (χ2v) is 23.8. The maximum absolute atomic E-state index is 10.1. The number of rotatable bonds is 4. The summed E-state index contributed by atoms with van der Waals surface area (Å²) in [6.45, 7) is 34.2. The van der Waals surface area contributed by atoms with E-state index in [1.54, 1.807) is 0 Å². The Kier molecular flexibility index (Phi) is 12.7. The third kappa shape index (κ3) is 9.65. The quantitative estimate of drug-likeness (QED) is 0.170. The normalized spacial score (nSPS) is 12.3. The van der Waals surface area contributed by atoms with Crippen LogP contribution in [0.3, 0.4) is 0 Å². The van der Waals surface area contributed by atoms with Gasteiger partial charge in [-0.2, -0.15) is 10.5 Å². The minimum absolute atomic E-state index is 0.0157.